The zero-order valence-corrected chi connectivity index (χ0v) is 8.03. The largest absolute Gasteiger partial charge is 0.347 e. The van der Waals surface area contributed by atoms with Crippen LogP contribution in [0.15, 0.2) is 12.2 Å². The molecule has 2 saturated carbocycles. The van der Waals surface area contributed by atoms with E-state index in [1.807, 2.05) is 0 Å². The average Bonchev–Trinajstić information content (AvgIpc) is 2.57. The molecule has 3 fully saturated rings. The molecule has 0 N–H and O–H groups in total. The van der Waals surface area contributed by atoms with Crippen LogP contribution in [0.4, 0.5) is 0 Å². The number of ether oxygens (including phenoxy) is 2. The Kier molecular flexibility index (Phi) is 1.59. The lowest BCUT2D eigenvalue weighted by molar-refractivity contribution is -0.169. The summed E-state index contributed by atoms with van der Waals surface area (Å²) >= 11 is 0. The number of hydrogen-bond acceptors (Lipinski definition) is 2. The molecule has 1 aliphatic heterocycles. The first-order valence-electron chi connectivity index (χ1n) is 5.28. The molecule has 13 heavy (non-hydrogen) atoms. The normalized spacial score (nSPS) is 46.1. The molecule has 0 aromatic heterocycles. The average molecular weight is 180 g/mol. The Morgan fingerprint density at radius 3 is 2.77 bits per heavy atom. The lowest BCUT2D eigenvalue weighted by Gasteiger charge is -2.24. The van der Waals surface area contributed by atoms with Gasteiger partial charge in [-0.3, -0.25) is 0 Å². The molecule has 2 heteroatoms. The molecule has 0 radical (unpaired) electrons. The molecule has 72 valence electrons. The van der Waals surface area contributed by atoms with Crippen molar-refractivity contribution in [3.63, 3.8) is 0 Å². The minimum Gasteiger partial charge on any atom is -0.347 e. The van der Waals surface area contributed by atoms with Gasteiger partial charge in [0.05, 0.1) is 13.2 Å². The maximum absolute atomic E-state index is 5.78. The quantitative estimate of drug-likeness (QED) is 0.574. The number of hydrogen-bond donors (Lipinski definition) is 0. The molecule has 0 amide bonds. The van der Waals surface area contributed by atoms with Crippen molar-refractivity contribution < 1.29 is 9.47 Å². The summed E-state index contributed by atoms with van der Waals surface area (Å²) in [6.45, 7) is 3.69. The third-order valence-electron chi connectivity index (χ3n) is 3.75. The van der Waals surface area contributed by atoms with E-state index in [2.05, 4.69) is 19.1 Å². The van der Waals surface area contributed by atoms with Crippen LogP contribution < -0.4 is 0 Å². The Hall–Kier alpha value is -0.340. The summed E-state index contributed by atoms with van der Waals surface area (Å²) in [6.07, 6.45) is 6.89. The van der Waals surface area contributed by atoms with Crippen molar-refractivity contribution in [2.45, 2.75) is 25.6 Å². The topological polar surface area (TPSA) is 18.5 Å². The van der Waals surface area contributed by atoms with Gasteiger partial charge in [0, 0.05) is 12.3 Å². The molecule has 3 atom stereocenters. The van der Waals surface area contributed by atoms with E-state index >= 15 is 0 Å². The molecular formula is C11H16O2. The van der Waals surface area contributed by atoms with E-state index in [0.29, 0.717) is 5.92 Å². The highest BCUT2D eigenvalue weighted by Crippen LogP contribution is 2.65. The molecule has 1 spiro atoms. The fourth-order valence-electron chi connectivity index (χ4n) is 3.22. The van der Waals surface area contributed by atoms with Crippen molar-refractivity contribution >= 4 is 0 Å². The third kappa shape index (κ3) is 0.960. The first-order chi connectivity index (χ1) is 6.37. The van der Waals surface area contributed by atoms with Gasteiger partial charge in [-0.1, -0.05) is 12.2 Å². The van der Waals surface area contributed by atoms with Gasteiger partial charge in [0.2, 0.25) is 0 Å². The summed E-state index contributed by atoms with van der Waals surface area (Å²) in [5.41, 5.74) is 0. The van der Waals surface area contributed by atoms with Crippen molar-refractivity contribution in [1.29, 1.82) is 0 Å². The van der Waals surface area contributed by atoms with E-state index in [4.69, 9.17) is 9.47 Å². The number of allylic oxidation sites excluding steroid dienone is 2. The van der Waals surface area contributed by atoms with Crippen molar-refractivity contribution in [2.75, 3.05) is 13.2 Å². The highest BCUT2D eigenvalue weighted by molar-refractivity contribution is 5.17. The molecule has 3 unspecified atom stereocenters. The molecule has 0 bridgehead atoms. The molecule has 3 aliphatic rings. The fraction of sp³-hybridized carbons (Fsp3) is 0.818. The standard InChI is InChI=1S/C11H16O2/c1-2-3-8-9-4-5-11(10(8)9)12-6-7-13-11/h2-3,8-10H,4-7H2,1H3. The second kappa shape index (κ2) is 2.58. The van der Waals surface area contributed by atoms with Crippen LogP contribution in [0, 0.1) is 17.8 Å². The molecule has 0 aromatic rings. The number of rotatable bonds is 1. The number of fused-ring (bicyclic) bond motifs is 2. The van der Waals surface area contributed by atoms with Crippen LogP contribution >= 0.6 is 0 Å². The Morgan fingerprint density at radius 1 is 1.31 bits per heavy atom. The van der Waals surface area contributed by atoms with Gasteiger partial charge < -0.3 is 9.47 Å². The van der Waals surface area contributed by atoms with E-state index in [0.717, 1.165) is 31.5 Å². The molecule has 1 saturated heterocycles. The monoisotopic (exact) mass is 180 g/mol. The van der Waals surface area contributed by atoms with E-state index < -0.39 is 0 Å². The third-order valence-corrected chi connectivity index (χ3v) is 3.75. The van der Waals surface area contributed by atoms with Crippen LogP contribution in [0.5, 0.6) is 0 Å². The van der Waals surface area contributed by atoms with Crippen LogP contribution in [0.1, 0.15) is 19.8 Å². The minimum atomic E-state index is -0.158. The van der Waals surface area contributed by atoms with Crippen LogP contribution in [0.3, 0.4) is 0 Å². The smallest absolute Gasteiger partial charge is 0.172 e. The second-order valence-electron chi connectivity index (χ2n) is 4.34. The van der Waals surface area contributed by atoms with E-state index in [1.54, 1.807) is 0 Å². The van der Waals surface area contributed by atoms with Gasteiger partial charge in [-0.05, 0) is 25.2 Å². The van der Waals surface area contributed by atoms with E-state index in [1.165, 1.54) is 6.42 Å². The van der Waals surface area contributed by atoms with Crippen LogP contribution in [-0.4, -0.2) is 19.0 Å². The summed E-state index contributed by atoms with van der Waals surface area (Å²) in [7, 11) is 0. The Bertz CT molecular complexity index is 235. The lowest BCUT2D eigenvalue weighted by Crippen LogP contribution is -2.31. The van der Waals surface area contributed by atoms with Gasteiger partial charge >= 0.3 is 0 Å². The molecule has 1 heterocycles. The van der Waals surface area contributed by atoms with Crippen molar-refractivity contribution in [1.82, 2.24) is 0 Å². The predicted molar refractivity (Wildman–Crippen MR) is 49.2 cm³/mol. The summed E-state index contributed by atoms with van der Waals surface area (Å²) in [5, 5.41) is 0. The summed E-state index contributed by atoms with van der Waals surface area (Å²) in [4.78, 5) is 0. The van der Waals surface area contributed by atoms with E-state index in [9.17, 15) is 0 Å². The van der Waals surface area contributed by atoms with Crippen molar-refractivity contribution in [3.05, 3.63) is 12.2 Å². The van der Waals surface area contributed by atoms with Gasteiger partial charge in [0.1, 0.15) is 0 Å². The van der Waals surface area contributed by atoms with Crippen molar-refractivity contribution in [2.24, 2.45) is 17.8 Å². The van der Waals surface area contributed by atoms with Crippen molar-refractivity contribution in [3.8, 4) is 0 Å². The summed E-state index contributed by atoms with van der Waals surface area (Å²) in [6, 6.07) is 0. The summed E-state index contributed by atoms with van der Waals surface area (Å²) in [5.74, 6) is 2.12. The first-order valence-corrected chi connectivity index (χ1v) is 5.28. The van der Waals surface area contributed by atoms with Gasteiger partial charge in [-0.25, -0.2) is 0 Å². The fourth-order valence-corrected chi connectivity index (χ4v) is 3.22. The minimum absolute atomic E-state index is 0.158. The Morgan fingerprint density at radius 2 is 2.08 bits per heavy atom. The molecule has 0 aromatic carbocycles. The summed E-state index contributed by atoms with van der Waals surface area (Å²) < 4.78 is 11.6. The Balaban J connectivity index is 1.79. The van der Waals surface area contributed by atoms with Gasteiger partial charge in [-0.2, -0.15) is 0 Å². The molecule has 3 rings (SSSR count). The van der Waals surface area contributed by atoms with Gasteiger partial charge in [0.25, 0.3) is 0 Å². The second-order valence-corrected chi connectivity index (χ2v) is 4.34. The molecular weight excluding hydrogens is 164 g/mol. The van der Waals surface area contributed by atoms with Gasteiger partial charge in [0.15, 0.2) is 5.79 Å². The van der Waals surface area contributed by atoms with E-state index in [-0.39, 0.29) is 5.79 Å². The highest BCUT2D eigenvalue weighted by atomic mass is 16.7. The zero-order valence-electron chi connectivity index (χ0n) is 8.03. The van der Waals surface area contributed by atoms with Crippen LogP contribution in [0.2, 0.25) is 0 Å². The van der Waals surface area contributed by atoms with Crippen LogP contribution in [-0.2, 0) is 9.47 Å². The van der Waals surface area contributed by atoms with Gasteiger partial charge in [-0.15, -0.1) is 0 Å². The molecule has 2 nitrogen and oxygen atoms in total. The first kappa shape index (κ1) is 8.01. The Labute approximate surface area is 78.9 Å². The maximum Gasteiger partial charge on any atom is 0.172 e. The SMILES string of the molecule is CC=CC1C2CCC3(OCCO3)C12. The zero-order chi connectivity index (χ0) is 8.89. The lowest BCUT2D eigenvalue weighted by atomic mass is 10.1. The van der Waals surface area contributed by atoms with Crippen LogP contribution in [0.25, 0.3) is 0 Å². The maximum atomic E-state index is 5.78. The predicted octanol–water partition coefficient (Wildman–Crippen LogP) is 1.96. The molecule has 2 aliphatic carbocycles. The highest BCUT2D eigenvalue weighted by Gasteiger charge is 2.67.